The molecule has 0 saturated carbocycles. The molecule has 0 aliphatic rings. The molecule has 0 aliphatic carbocycles. The summed E-state index contributed by atoms with van der Waals surface area (Å²) in [5.74, 6) is 0. The fraction of sp³-hybridized carbons (Fsp3) is 0.250. The van der Waals surface area contributed by atoms with E-state index < -0.39 is 0 Å². The van der Waals surface area contributed by atoms with Gasteiger partial charge in [0.05, 0.1) is 4.92 Å². The van der Waals surface area contributed by atoms with Gasteiger partial charge in [0.1, 0.15) is 0 Å². The van der Waals surface area contributed by atoms with Crippen molar-refractivity contribution in [2.24, 2.45) is 0 Å². The predicted molar refractivity (Wildman–Crippen MR) is 84.5 cm³/mol. The predicted octanol–water partition coefficient (Wildman–Crippen LogP) is 4.41. The van der Waals surface area contributed by atoms with Gasteiger partial charge in [-0.15, -0.1) is 0 Å². The molecule has 1 atom stereocenters. The monoisotopic (exact) mass is 304 g/mol. The lowest BCUT2D eigenvalue weighted by molar-refractivity contribution is -0.385. The smallest absolute Gasteiger partial charge is 0.272 e. The Morgan fingerprint density at radius 1 is 1.24 bits per heavy atom. The van der Waals surface area contributed by atoms with Crippen LogP contribution in [-0.2, 0) is 6.54 Å². The Morgan fingerprint density at radius 3 is 2.62 bits per heavy atom. The van der Waals surface area contributed by atoms with Crippen LogP contribution in [-0.4, -0.2) is 4.92 Å². The maximum Gasteiger partial charge on any atom is 0.272 e. The maximum absolute atomic E-state index is 10.9. The highest BCUT2D eigenvalue weighted by atomic mass is 35.5. The molecule has 5 heteroatoms. The number of hydrogen-bond donors (Lipinski definition) is 1. The van der Waals surface area contributed by atoms with Crippen molar-refractivity contribution in [3.05, 3.63) is 74.3 Å². The van der Waals surface area contributed by atoms with Crippen molar-refractivity contribution in [3.63, 3.8) is 0 Å². The molecule has 0 aliphatic heterocycles. The first-order chi connectivity index (χ1) is 10.0. The summed E-state index contributed by atoms with van der Waals surface area (Å²) in [6.07, 6.45) is 0. The highest BCUT2D eigenvalue weighted by molar-refractivity contribution is 6.31. The molecule has 0 fully saturated rings. The summed E-state index contributed by atoms with van der Waals surface area (Å²) < 4.78 is 0. The number of hydrogen-bond acceptors (Lipinski definition) is 3. The first-order valence-electron chi connectivity index (χ1n) is 6.71. The molecule has 0 saturated heterocycles. The van der Waals surface area contributed by atoms with Crippen molar-refractivity contribution < 1.29 is 4.92 Å². The number of nitro benzene ring substituents is 1. The molecule has 2 rings (SSSR count). The van der Waals surface area contributed by atoms with Gasteiger partial charge in [-0.1, -0.05) is 41.9 Å². The minimum atomic E-state index is -0.351. The summed E-state index contributed by atoms with van der Waals surface area (Å²) in [7, 11) is 0. The molecular weight excluding hydrogens is 288 g/mol. The molecule has 2 aromatic rings. The van der Waals surface area contributed by atoms with Gasteiger partial charge in [0, 0.05) is 29.2 Å². The fourth-order valence-electron chi connectivity index (χ4n) is 2.26. The number of rotatable bonds is 5. The van der Waals surface area contributed by atoms with Crippen LogP contribution in [0.4, 0.5) is 5.69 Å². The zero-order valence-corrected chi connectivity index (χ0v) is 12.7. The normalized spacial score (nSPS) is 12.1. The van der Waals surface area contributed by atoms with Crippen LogP contribution in [0.3, 0.4) is 0 Å². The maximum atomic E-state index is 10.9. The first kappa shape index (κ1) is 15.5. The summed E-state index contributed by atoms with van der Waals surface area (Å²) in [5, 5.41) is 15.0. The van der Waals surface area contributed by atoms with Gasteiger partial charge >= 0.3 is 0 Å². The van der Waals surface area contributed by atoms with Crippen molar-refractivity contribution in [1.29, 1.82) is 0 Å². The van der Waals surface area contributed by atoms with E-state index in [0.29, 0.717) is 17.1 Å². The number of halogens is 1. The lowest BCUT2D eigenvalue weighted by Gasteiger charge is -2.16. The van der Waals surface area contributed by atoms with Crippen LogP contribution in [0.1, 0.15) is 29.7 Å². The van der Waals surface area contributed by atoms with Crippen LogP contribution in [0.25, 0.3) is 0 Å². The van der Waals surface area contributed by atoms with Crippen molar-refractivity contribution in [3.8, 4) is 0 Å². The Morgan fingerprint density at radius 2 is 1.95 bits per heavy atom. The number of benzene rings is 2. The second kappa shape index (κ2) is 6.70. The molecule has 0 heterocycles. The molecule has 0 bridgehead atoms. The van der Waals surface area contributed by atoms with Crippen molar-refractivity contribution in [2.75, 3.05) is 0 Å². The molecule has 1 N–H and O–H groups in total. The zero-order chi connectivity index (χ0) is 15.4. The van der Waals surface area contributed by atoms with Gasteiger partial charge in [-0.3, -0.25) is 10.1 Å². The number of nitrogens with zero attached hydrogens (tertiary/aromatic N) is 1. The van der Waals surface area contributed by atoms with Gasteiger partial charge in [0.2, 0.25) is 0 Å². The molecule has 0 amide bonds. The number of nitrogens with one attached hydrogen (secondary N) is 1. The summed E-state index contributed by atoms with van der Waals surface area (Å²) >= 11 is 6.17. The summed E-state index contributed by atoms with van der Waals surface area (Å²) in [4.78, 5) is 10.6. The van der Waals surface area contributed by atoms with E-state index in [0.717, 1.165) is 11.1 Å². The Kier molecular flexibility index (Phi) is 4.94. The summed E-state index contributed by atoms with van der Waals surface area (Å²) in [6.45, 7) is 4.35. The fourth-order valence-corrected chi connectivity index (χ4v) is 2.56. The molecule has 2 aromatic carbocycles. The van der Waals surface area contributed by atoms with Gasteiger partial charge in [-0.05, 0) is 31.0 Å². The van der Waals surface area contributed by atoms with E-state index in [2.05, 4.69) is 5.32 Å². The lowest BCUT2D eigenvalue weighted by Crippen LogP contribution is -2.19. The first-order valence-corrected chi connectivity index (χ1v) is 7.09. The Balaban J connectivity index is 2.12. The Hall–Kier alpha value is -1.91. The van der Waals surface area contributed by atoms with Crippen LogP contribution in [0.15, 0.2) is 42.5 Å². The third-order valence-corrected chi connectivity index (χ3v) is 3.93. The average molecular weight is 305 g/mol. The van der Waals surface area contributed by atoms with Gasteiger partial charge in [-0.2, -0.15) is 0 Å². The molecule has 0 unspecified atom stereocenters. The largest absolute Gasteiger partial charge is 0.306 e. The van der Waals surface area contributed by atoms with Crippen LogP contribution in [0.5, 0.6) is 0 Å². The SMILES string of the molecule is Cc1c(CN[C@@H](C)c2ccccc2Cl)cccc1[N+](=O)[O-]. The highest BCUT2D eigenvalue weighted by Crippen LogP contribution is 2.24. The van der Waals surface area contributed by atoms with E-state index >= 15 is 0 Å². The second-order valence-corrected chi connectivity index (χ2v) is 5.35. The van der Waals surface area contributed by atoms with Gasteiger partial charge < -0.3 is 5.32 Å². The van der Waals surface area contributed by atoms with E-state index in [1.807, 2.05) is 37.3 Å². The van der Waals surface area contributed by atoms with Crippen molar-refractivity contribution in [1.82, 2.24) is 5.32 Å². The van der Waals surface area contributed by atoms with E-state index in [1.165, 1.54) is 6.07 Å². The van der Waals surface area contributed by atoms with Crippen molar-refractivity contribution >= 4 is 17.3 Å². The molecule has 4 nitrogen and oxygen atoms in total. The molecular formula is C16H17ClN2O2. The summed E-state index contributed by atoms with van der Waals surface area (Å²) in [5.41, 5.74) is 2.78. The molecule has 0 spiro atoms. The van der Waals surface area contributed by atoms with E-state index in [1.54, 1.807) is 13.0 Å². The van der Waals surface area contributed by atoms with Crippen LogP contribution < -0.4 is 5.32 Å². The van der Waals surface area contributed by atoms with Gasteiger partial charge in [0.25, 0.3) is 5.69 Å². The number of nitro groups is 1. The zero-order valence-electron chi connectivity index (χ0n) is 12.0. The minimum Gasteiger partial charge on any atom is -0.306 e. The van der Waals surface area contributed by atoms with E-state index in [9.17, 15) is 10.1 Å². The van der Waals surface area contributed by atoms with Gasteiger partial charge in [0.15, 0.2) is 0 Å². The lowest BCUT2D eigenvalue weighted by atomic mass is 10.0. The Labute approximate surface area is 128 Å². The van der Waals surface area contributed by atoms with Crippen LogP contribution in [0, 0.1) is 17.0 Å². The highest BCUT2D eigenvalue weighted by Gasteiger charge is 2.14. The third-order valence-electron chi connectivity index (χ3n) is 3.58. The molecule has 110 valence electrons. The molecule has 0 radical (unpaired) electrons. The van der Waals surface area contributed by atoms with E-state index in [4.69, 9.17) is 11.6 Å². The standard InChI is InChI=1S/C16H17ClN2O2/c1-11-13(6-5-9-16(11)19(20)21)10-18-12(2)14-7-3-4-8-15(14)17/h3-9,12,18H,10H2,1-2H3/t12-/m0/s1. The molecule has 0 aromatic heterocycles. The minimum absolute atomic E-state index is 0.0670. The average Bonchev–Trinajstić information content (AvgIpc) is 2.46. The van der Waals surface area contributed by atoms with E-state index in [-0.39, 0.29) is 16.7 Å². The molecule has 21 heavy (non-hydrogen) atoms. The second-order valence-electron chi connectivity index (χ2n) is 4.94. The third kappa shape index (κ3) is 3.60. The Bertz CT molecular complexity index is 658. The summed E-state index contributed by atoms with van der Waals surface area (Å²) in [6, 6.07) is 12.9. The quantitative estimate of drug-likeness (QED) is 0.657. The van der Waals surface area contributed by atoms with Crippen LogP contribution in [0.2, 0.25) is 5.02 Å². The van der Waals surface area contributed by atoms with Gasteiger partial charge in [-0.25, -0.2) is 0 Å². The topological polar surface area (TPSA) is 55.2 Å². The van der Waals surface area contributed by atoms with Crippen molar-refractivity contribution in [2.45, 2.75) is 26.4 Å². The van der Waals surface area contributed by atoms with Crippen LogP contribution >= 0.6 is 11.6 Å².